The molecule has 0 aliphatic carbocycles. The van der Waals surface area contributed by atoms with Crippen molar-refractivity contribution in [2.75, 3.05) is 23.4 Å². The van der Waals surface area contributed by atoms with Crippen LogP contribution in [0.25, 0.3) is 0 Å². The molecular formula is C13H16N2O3. The molecule has 2 amide bonds. The molecule has 1 N–H and O–H groups in total. The van der Waals surface area contributed by atoms with Crippen LogP contribution in [-0.2, 0) is 9.53 Å². The van der Waals surface area contributed by atoms with Crippen molar-refractivity contribution in [3.63, 3.8) is 0 Å². The van der Waals surface area contributed by atoms with Gasteiger partial charge in [0.15, 0.2) is 0 Å². The van der Waals surface area contributed by atoms with Crippen molar-refractivity contribution in [2.24, 2.45) is 5.92 Å². The fourth-order valence-electron chi connectivity index (χ4n) is 1.71. The lowest BCUT2D eigenvalue weighted by molar-refractivity contribution is -0.115. The lowest BCUT2D eigenvalue weighted by Gasteiger charge is -2.28. The number of hydrogen-bond donors (Lipinski definition) is 1. The van der Waals surface area contributed by atoms with Gasteiger partial charge in [-0.05, 0) is 18.1 Å². The number of ether oxygens (including phenoxy) is 1. The number of benzene rings is 1. The first kappa shape index (κ1) is 12.4. The molecule has 1 aliphatic heterocycles. The molecule has 0 aromatic heterocycles. The van der Waals surface area contributed by atoms with E-state index in [0.29, 0.717) is 18.0 Å². The number of carbonyl (C=O) groups excluding carboxylic acids is 2. The van der Waals surface area contributed by atoms with Gasteiger partial charge < -0.3 is 10.1 Å². The topological polar surface area (TPSA) is 58.6 Å². The molecule has 1 aromatic carbocycles. The van der Waals surface area contributed by atoms with Crippen LogP contribution in [0.5, 0.6) is 0 Å². The molecule has 2 rings (SSSR count). The fraction of sp³-hybridized carbons (Fsp3) is 0.385. The molecule has 0 atom stereocenters. The first-order chi connectivity index (χ1) is 8.58. The molecule has 18 heavy (non-hydrogen) atoms. The van der Waals surface area contributed by atoms with Crippen LogP contribution in [0, 0.1) is 5.92 Å². The molecule has 0 radical (unpaired) electrons. The van der Waals surface area contributed by atoms with Crippen LogP contribution in [0.2, 0.25) is 0 Å². The molecule has 0 saturated carbocycles. The van der Waals surface area contributed by atoms with E-state index in [2.05, 4.69) is 5.32 Å². The fourth-order valence-corrected chi connectivity index (χ4v) is 1.71. The number of carbonyl (C=O) groups is 2. The van der Waals surface area contributed by atoms with Gasteiger partial charge in [0.25, 0.3) is 0 Å². The lowest BCUT2D eigenvalue weighted by atomic mass is 10.2. The Bertz CT molecular complexity index is 471. The summed E-state index contributed by atoms with van der Waals surface area (Å²) < 4.78 is 5.16. The molecule has 5 heteroatoms. The Morgan fingerprint density at radius 1 is 1.44 bits per heavy atom. The Morgan fingerprint density at radius 3 is 2.89 bits per heavy atom. The minimum Gasteiger partial charge on any atom is -0.449 e. The van der Waals surface area contributed by atoms with Gasteiger partial charge in [-0.15, -0.1) is 0 Å². The first-order valence-electron chi connectivity index (χ1n) is 5.91. The van der Waals surface area contributed by atoms with Crippen molar-refractivity contribution in [3.8, 4) is 0 Å². The second kappa shape index (κ2) is 5.08. The van der Waals surface area contributed by atoms with E-state index in [9.17, 15) is 9.59 Å². The Hall–Kier alpha value is -2.04. The number of nitrogens with zero attached hydrogens (tertiary/aromatic N) is 1. The van der Waals surface area contributed by atoms with Crippen LogP contribution in [0.1, 0.15) is 13.8 Å². The SMILES string of the molecule is CC(C)COC(=O)N1CC(=O)Nc2ccccc21. The van der Waals surface area contributed by atoms with Crippen molar-refractivity contribution in [3.05, 3.63) is 24.3 Å². The number of amides is 2. The summed E-state index contributed by atoms with van der Waals surface area (Å²) in [5.74, 6) is 0.0537. The molecule has 1 aromatic rings. The number of hydrogen-bond acceptors (Lipinski definition) is 3. The minimum atomic E-state index is -0.481. The summed E-state index contributed by atoms with van der Waals surface area (Å²) >= 11 is 0. The van der Waals surface area contributed by atoms with Crippen LogP contribution in [0.4, 0.5) is 16.2 Å². The summed E-state index contributed by atoms with van der Waals surface area (Å²) in [5, 5.41) is 2.72. The van der Waals surface area contributed by atoms with Crippen LogP contribution in [0.3, 0.4) is 0 Å². The normalized spacial score (nSPS) is 14.2. The molecule has 0 saturated heterocycles. The van der Waals surface area contributed by atoms with E-state index in [1.54, 1.807) is 12.1 Å². The van der Waals surface area contributed by atoms with Gasteiger partial charge in [0.1, 0.15) is 6.54 Å². The van der Waals surface area contributed by atoms with E-state index in [-0.39, 0.29) is 18.4 Å². The highest BCUT2D eigenvalue weighted by Gasteiger charge is 2.27. The van der Waals surface area contributed by atoms with E-state index >= 15 is 0 Å². The zero-order valence-corrected chi connectivity index (χ0v) is 10.5. The van der Waals surface area contributed by atoms with Gasteiger partial charge >= 0.3 is 6.09 Å². The highest BCUT2D eigenvalue weighted by molar-refractivity contribution is 6.08. The molecule has 0 unspecified atom stereocenters. The molecule has 5 nitrogen and oxygen atoms in total. The average Bonchev–Trinajstić information content (AvgIpc) is 2.34. The zero-order chi connectivity index (χ0) is 13.1. The summed E-state index contributed by atoms with van der Waals surface area (Å²) in [7, 11) is 0. The van der Waals surface area contributed by atoms with Gasteiger partial charge in [-0.1, -0.05) is 26.0 Å². The Morgan fingerprint density at radius 2 is 2.17 bits per heavy atom. The summed E-state index contributed by atoms with van der Waals surface area (Å²) in [6.07, 6.45) is -0.481. The maximum absolute atomic E-state index is 11.9. The van der Waals surface area contributed by atoms with Gasteiger partial charge in [-0.2, -0.15) is 0 Å². The molecule has 1 heterocycles. The lowest BCUT2D eigenvalue weighted by Crippen LogP contribution is -2.42. The monoisotopic (exact) mass is 248 g/mol. The summed E-state index contributed by atoms with van der Waals surface area (Å²) in [6.45, 7) is 4.27. The number of para-hydroxylation sites is 2. The quantitative estimate of drug-likeness (QED) is 0.873. The third-order valence-electron chi connectivity index (χ3n) is 2.53. The summed E-state index contributed by atoms with van der Waals surface area (Å²) in [4.78, 5) is 24.8. The molecule has 1 aliphatic rings. The van der Waals surface area contributed by atoms with Gasteiger partial charge in [0.05, 0.1) is 18.0 Å². The van der Waals surface area contributed by atoms with E-state index in [0.717, 1.165) is 0 Å². The first-order valence-corrected chi connectivity index (χ1v) is 5.91. The second-order valence-electron chi connectivity index (χ2n) is 4.62. The van der Waals surface area contributed by atoms with Gasteiger partial charge in [-0.3, -0.25) is 9.69 Å². The zero-order valence-electron chi connectivity index (χ0n) is 10.5. The molecular weight excluding hydrogens is 232 g/mol. The Labute approximate surface area is 106 Å². The Kier molecular flexibility index (Phi) is 3.50. The average molecular weight is 248 g/mol. The highest BCUT2D eigenvalue weighted by Crippen LogP contribution is 2.29. The largest absolute Gasteiger partial charge is 0.449 e. The van der Waals surface area contributed by atoms with Crippen molar-refractivity contribution in [2.45, 2.75) is 13.8 Å². The van der Waals surface area contributed by atoms with E-state index in [1.165, 1.54) is 4.90 Å². The van der Waals surface area contributed by atoms with Gasteiger partial charge in [0.2, 0.25) is 5.91 Å². The van der Waals surface area contributed by atoms with Crippen LogP contribution in [-0.4, -0.2) is 25.2 Å². The number of anilines is 2. The molecule has 0 bridgehead atoms. The van der Waals surface area contributed by atoms with E-state index in [4.69, 9.17) is 4.74 Å². The van der Waals surface area contributed by atoms with E-state index in [1.807, 2.05) is 26.0 Å². The van der Waals surface area contributed by atoms with E-state index < -0.39 is 6.09 Å². The van der Waals surface area contributed by atoms with Gasteiger partial charge in [-0.25, -0.2) is 4.79 Å². The minimum absolute atomic E-state index is 0.00601. The van der Waals surface area contributed by atoms with Crippen LogP contribution in [0.15, 0.2) is 24.3 Å². The summed E-state index contributed by atoms with van der Waals surface area (Å²) in [5.41, 5.74) is 1.31. The number of fused-ring (bicyclic) bond motifs is 1. The molecule has 96 valence electrons. The van der Waals surface area contributed by atoms with Crippen molar-refractivity contribution < 1.29 is 14.3 Å². The van der Waals surface area contributed by atoms with Crippen molar-refractivity contribution in [1.82, 2.24) is 0 Å². The highest BCUT2D eigenvalue weighted by atomic mass is 16.6. The third kappa shape index (κ3) is 2.61. The predicted molar refractivity (Wildman–Crippen MR) is 68.6 cm³/mol. The van der Waals surface area contributed by atoms with Crippen LogP contribution >= 0.6 is 0 Å². The Balaban J connectivity index is 2.18. The maximum Gasteiger partial charge on any atom is 0.414 e. The van der Waals surface area contributed by atoms with Crippen LogP contribution < -0.4 is 10.2 Å². The van der Waals surface area contributed by atoms with Crippen molar-refractivity contribution in [1.29, 1.82) is 0 Å². The standard InChI is InChI=1S/C13H16N2O3/c1-9(2)8-18-13(17)15-7-12(16)14-10-5-3-4-6-11(10)15/h3-6,9H,7-8H2,1-2H3,(H,14,16). The maximum atomic E-state index is 11.9. The van der Waals surface area contributed by atoms with Gasteiger partial charge in [0, 0.05) is 0 Å². The number of rotatable bonds is 2. The predicted octanol–water partition coefficient (Wildman–Crippen LogP) is 2.24. The smallest absolute Gasteiger partial charge is 0.414 e. The molecule has 0 fully saturated rings. The van der Waals surface area contributed by atoms with Crippen molar-refractivity contribution >= 4 is 23.4 Å². The second-order valence-corrected chi connectivity index (χ2v) is 4.62. The number of nitrogens with one attached hydrogen (secondary N) is 1. The third-order valence-corrected chi connectivity index (χ3v) is 2.53. The summed E-state index contributed by atoms with van der Waals surface area (Å²) in [6, 6.07) is 7.17. The molecule has 0 spiro atoms.